The van der Waals surface area contributed by atoms with E-state index in [1.807, 2.05) is 0 Å². The van der Waals surface area contributed by atoms with Gasteiger partial charge in [0, 0.05) is 14.5 Å². The van der Waals surface area contributed by atoms with Gasteiger partial charge < -0.3 is 14.7 Å². The lowest BCUT2D eigenvalue weighted by Gasteiger charge is -2.15. The fourth-order valence-corrected chi connectivity index (χ4v) is 0.129. The Labute approximate surface area is 43.4 Å². The van der Waals surface area contributed by atoms with Gasteiger partial charge >= 0.3 is 0 Å². The highest BCUT2D eigenvalue weighted by atomic mass is 16.4. The van der Waals surface area contributed by atoms with Crippen molar-refractivity contribution in [1.29, 1.82) is 0 Å². The maximum atomic E-state index is 9.70. The van der Waals surface area contributed by atoms with Crippen LogP contribution in [0.5, 0.6) is 0 Å². The van der Waals surface area contributed by atoms with Crippen molar-refractivity contribution in [3.63, 3.8) is 0 Å². The Bertz CT molecular complexity index is 73.3. The molecule has 42 valence electrons. The van der Waals surface area contributed by atoms with Crippen LogP contribution in [0.15, 0.2) is 0 Å². The molecule has 0 aromatic carbocycles. The number of rotatable bonds is 2. The predicted molar refractivity (Wildman–Crippen MR) is 27.6 cm³/mol. The number of carboxylic acids is 1. The van der Waals surface area contributed by atoms with E-state index in [0.29, 0.717) is 0 Å². The van der Waals surface area contributed by atoms with Gasteiger partial charge in [-0.15, -0.1) is 0 Å². The lowest BCUT2D eigenvalue weighted by molar-refractivity contribution is -0.305. The molecule has 0 bridgehead atoms. The van der Waals surface area contributed by atoms with Crippen molar-refractivity contribution in [1.82, 2.24) is 4.81 Å². The molecule has 0 aromatic heterocycles. The number of aliphatic carboxylic acids is 1. The Morgan fingerprint density at radius 1 is 2.00 bits per heavy atom. The van der Waals surface area contributed by atoms with Crippen LogP contribution in [0, 0.1) is 0 Å². The summed E-state index contributed by atoms with van der Waals surface area (Å²) in [6.07, 6.45) is 0. The number of likely N-dealkylation sites (N-methyl/N-ethyl adjacent to an activating group) is 1. The van der Waals surface area contributed by atoms with E-state index in [9.17, 15) is 9.90 Å². The molecule has 0 amide bonds. The van der Waals surface area contributed by atoms with Crippen molar-refractivity contribution >= 4 is 14.0 Å². The van der Waals surface area contributed by atoms with Crippen LogP contribution in [0.3, 0.4) is 0 Å². The average Bonchev–Trinajstić information content (AvgIpc) is 1.27. The molecule has 0 aliphatic rings. The first-order valence-electron chi connectivity index (χ1n) is 1.53. The highest BCUT2D eigenvalue weighted by Crippen LogP contribution is 1.65. The molecule has 0 radical (unpaired) electrons. The summed E-state index contributed by atoms with van der Waals surface area (Å²) in [5.41, 5.74) is 0. The van der Waals surface area contributed by atoms with Crippen molar-refractivity contribution < 1.29 is 9.90 Å². The maximum absolute atomic E-state index is 9.70. The Kier molecular flexibility index (Phi) is 2.44. The van der Waals surface area contributed by atoms with Gasteiger partial charge in [-0.3, -0.25) is 0 Å². The summed E-state index contributed by atoms with van der Waals surface area (Å²) in [7, 11) is 1.85. The van der Waals surface area contributed by atoms with Crippen molar-refractivity contribution in [3.05, 3.63) is 0 Å². The van der Waals surface area contributed by atoms with Gasteiger partial charge in [0.15, 0.2) is 0 Å². The van der Waals surface area contributed by atoms with Crippen LogP contribution in [0.4, 0.5) is 0 Å². The van der Waals surface area contributed by atoms with Crippen LogP contribution in [0.2, 0.25) is 0 Å². The number of carbonyl (C=O) groups excluding carboxylic acids is 1. The molecule has 0 aliphatic carbocycles. The third-order valence-electron chi connectivity index (χ3n) is 0.287. The minimum atomic E-state index is -0.975. The summed E-state index contributed by atoms with van der Waals surface area (Å²) in [6.45, 7) is 0.111. The lowest BCUT2D eigenvalue weighted by Crippen LogP contribution is -2.34. The quantitative estimate of drug-likeness (QED) is 0.347. The molecule has 0 spiro atoms. The summed E-state index contributed by atoms with van der Waals surface area (Å²) >= 11 is 0. The smallest absolute Gasteiger partial charge is 0.0520 e. The molecule has 0 saturated carbocycles. The fourth-order valence-electron chi connectivity index (χ4n) is 0.129. The van der Waals surface area contributed by atoms with Crippen LogP contribution in [-0.2, 0) is 4.79 Å². The Morgan fingerprint density at radius 2 is 2.43 bits per heavy atom. The van der Waals surface area contributed by atoms with Crippen LogP contribution in [0.25, 0.3) is 0 Å². The molecule has 0 N–H and O–H groups in total. The molecule has 0 aliphatic heterocycles. The van der Waals surface area contributed by atoms with Gasteiger partial charge in [0.25, 0.3) is 0 Å². The third-order valence-corrected chi connectivity index (χ3v) is 0.287. The first kappa shape index (κ1) is 6.49. The second kappa shape index (κ2) is 2.63. The second-order valence-electron chi connectivity index (χ2n) is 0.846. The van der Waals surface area contributed by atoms with Crippen molar-refractivity contribution in [2.45, 2.75) is 0 Å². The number of hydrogen-bond acceptors (Lipinski definition) is 3. The van der Waals surface area contributed by atoms with Crippen molar-refractivity contribution in [3.8, 4) is 0 Å². The van der Waals surface area contributed by atoms with Crippen LogP contribution >= 0.6 is 0 Å². The normalized spacial score (nSPS) is 9.57. The zero-order valence-corrected chi connectivity index (χ0v) is 3.47. The molecular formula is C3H8BNO2-2. The molecule has 0 unspecified atom stereocenters. The van der Waals surface area contributed by atoms with Gasteiger partial charge in [-0.25, -0.2) is 0 Å². The largest absolute Gasteiger partial charge is 0.549 e. The SMILES string of the molecule is [BH3-]N(C)CC(=O)[O-]. The summed E-state index contributed by atoms with van der Waals surface area (Å²) in [5, 5.41) is 9.70. The van der Waals surface area contributed by atoms with E-state index in [4.69, 9.17) is 0 Å². The average molecular weight is 101 g/mol. The summed E-state index contributed by atoms with van der Waals surface area (Å²) in [6, 6.07) is 0. The second-order valence-corrected chi connectivity index (χ2v) is 0.846. The highest BCUT2D eigenvalue weighted by molar-refractivity contribution is 6.05. The molecule has 0 atom stereocenters. The molecule has 3 nitrogen and oxygen atoms in total. The van der Waals surface area contributed by atoms with Crippen LogP contribution in [0.1, 0.15) is 0 Å². The van der Waals surface area contributed by atoms with E-state index in [2.05, 4.69) is 0 Å². The molecule has 0 fully saturated rings. The van der Waals surface area contributed by atoms with Gasteiger partial charge in [0.2, 0.25) is 0 Å². The fraction of sp³-hybridized carbons (Fsp3) is 0.667. The Balaban J connectivity index is 3.13. The monoisotopic (exact) mass is 101 g/mol. The van der Waals surface area contributed by atoms with Crippen molar-refractivity contribution in [2.75, 3.05) is 13.6 Å². The third kappa shape index (κ3) is 5.49. The topological polar surface area (TPSA) is 43.4 Å². The number of carbonyl (C=O) groups is 1. The molecule has 0 saturated heterocycles. The van der Waals surface area contributed by atoms with Gasteiger partial charge in [-0.05, 0) is 0 Å². The van der Waals surface area contributed by atoms with E-state index in [1.165, 1.54) is 0 Å². The molecule has 0 heterocycles. The molecule has 0 aromatic rings. The van der Waals surface area contributed by atoms with Gasteiger partial charge in [-0.1, -0.05) is 7.05 Å². The van der Waals surface area contributed by atoms with E-state index >= 15 is 0 Å². The lowest BCUT2D eigenvalue weighted by atomic mass is 10.3. The minimum Gasteiger partial charge on any atom is -0.549 e. The highest BCUT2D eigenvalue weighted by Gasteiger charge is 1.79. The Morgan fingerprint density at radius 3 is 2.43 bits per heavy atom. The van der Waals surface area contributed by atoms with E-state index < -0.39 is 5.97 Å². The Hall–Kier alpha value is -0.505. The zero-order chi connectivity index (χ0) is 5.86. The first-order valence-corrected chi connectivity index (χ1v) is 1.53. The summed E-state index contributed by atoms with van der Waals surface area (Å²) in [5.74, 6) is -0.975. The first-order chi connectivity index (χ1) is 3.13. The molecule has 7 heavy (non-hydrogen) atoms. The molecule has 0 rings (SSSR count). The maximum Gasteiger partial charge on any atom is 0.0520 e. The van der Waals surface area contributed by atoms with Gasteiger partial charge in [-0.2, -0.15) is 0 Å². The zero-order valence-electron chi connectivity index (χ0n) is 3.47. The van der Waals surface area contributed by atoms with Gasteiger partial charge in [0.05, 0.1) is 5.97 Å². The van der Waals surface area contributed by atoms with Crippen LogP contribution in [-0.4, -0.2) is 32.4 Å². The molecular weight excluding hydrogens is 92.8 g/mol. The van der Waals surface area contributed by atoms with E-state index in [0.717, 1.165) is 0 Å². The number of hydrogen-bond donors (Lipinski definition) is 0. The van der Waals surface area contributed by atoms with E-state index in [-0.39, 0.29) is 14.5 Å². The minimum absolute atomic E-state index is 0.0617. The van der Waals surface area contributed by atoms with Crippen molar-refractivity contribution in [2.24, 2.45) is 0 Å². The molecule has 4 heteroatoms. The van der Waals surface area contributed by atoms with Gasteiger partial charge in [0.1, 0.15) is 0 Å². The summed E-state index contributed by atoms with van der Waals surface area (Å²) < 4.78 is 0. The summed E-state index contributed by atoms with van der Waals surface area (Å²) in [4.78, 5) is 11.5. The van der Waals surface area contributed by atoms with Crippen LogP contribution < -0.4 is 5.11 Å². The number of nitrogens with zero attached hydrogens (tertiary/aromatic N) is 1. The van der Waals surface area contributed by atoms with E-state index in [1.54, 1.807) is 11.9 Å². The predicted octanol–water partition coefficient (Wildman–Crippen LogP) is -3.05. The standard InChI is InChI=1S/C3H9BNO2/c1-5(4)2-3(6)7/h2H2,1,4H3,(H,6,7)/q-1/p-1. The number of carboxylic acid groups (broad SMARTS) is 1.